The molecule has 3 aromatic rings. The number of H-pyrrole nitrogens is 1. The molecule has 0 atom stereocenters. The number of unbranched alkanes of at least 4 members (excludes halogenated alkanes) is 1. The Kier molecular flexibility index (Phi) is 7.58. The maximum absolute atomic E-state index is 12.4. The number of ether oxygens (including phenoxy) is 1. The van der Waals surface area contributed by atoms with Crippen LogP contribution in [0, 0.1) is 0 Å². The highest BCUT2D eigenvalue weighted by molar-refractivity contribution is 5.83. The number of aromatic amines is 1. The Bertz CT molecular complexity index is 1210. The predicted molar refractivity (Wildman–Crippen MR) is 118 cm³/mol. The first-order chi connectivity index (χ1) is 15.4. The monoisotopic (exact) mass is 441 g/mol. The first-order valence-corrected chi connectivity index (χ1v) is 10.6. The number of nitrogens with one attached hydrogen (secondary N) is 2. The number of aryl methyl sites for hydroxylation is 2. The lowest BCUT2D eigenvalue weighted by Gasteiger charge is -2.08. The van der Waals surface area contributed by atoms with Gasteiger partial charge in [-0.3, -0.25) is 23.9 Å². The zero-order chi connectivity index (χ0) is 23.1. The van der Waals surface area contributed by atoms with Gasteiger partial charge in [-0.25, -0.2) is 9.78 Å². The van der Waals surface area contributed by atoms with Gasteiger partial charge in [0.2, 0.25) is 5.91 Å². The molecule has 0 unspecified atom stereocenters. The van der Waals surface area contributed by atoms with Gasteiger partial charge in [0.1, 0.15) is 19.0 Å². The topological polar surface area (TPSA) is 128 Å². The maximum Gasteiger partial charge on any atom is 0.330 e. The summed E-state index contributed by atoms with van der Waals surface area (Å²) in [6.07, 6.45) is 1.80. The number of hydrogen-bond acceptors (Lipinski definition) is 6. The van der Waals surface area contributed by atoms with Gasteiger partial charge in [0.05, 0.1) is 6.42 Å². The van der Waals surface area contributed by atoms with E-state index in [4.69, 9.17) is 4.74 Å². The third-order valence-electron chi connectivity index (χ3n) is 5.02. The Labute approximate surface area is 184 Å². The van der Waals surface area contributed by atoms with E-state index in [1.165, 1.54) is 4.57 Å². The van der Waals surface area contributed by atoms with E-state index in [9.17, 15) is 19.2 Å². The molecule has 10 heteroatoms. The van der Waals surface area contributed by atoms with Crippen LogP contribution in [0.5, 0.6) is 0 Å². The normalized spacial score (nSPS) is 10.9. The van der Waals surface area contributed by atoms with Crippen molar-refractivity contribution < 1.29 is 14.3 Å². The second-order valence-corrected chi connectivity index (χ2v) is 7.31. The fraction of sp³-hybridized carbons (Fsp3) is 0.409. The number of amides is 1. The van der Waals surface area contributed by atoms with Gasteiger partial charge in [0.25, 0.3) is 5.56 Å². The number of esters is 1. The Morgan fingerprint density at radius 1 is 1.12 bits per heavy atom. The summed E-state index contributed by atoms with van der Waals surface area (Å²) in [5.74, 6) is -0.563. The van der Waals surface area contributed by atoms with Crippen molar-refractivity contribution in [2.45, 2.75) is 52.8 Å². The van der Waals surface area contributed by atoms with E-state index >= 15 is 0 Å². The molecule has 0 saturated carbocycles. The molecule has 0 saturated heterocycles. The van der Waals surface area contributed by atoms with Gasteiger partial charge in [-0.05, 0) is 18.9 Å². The van der Waals surface area contributed by atoms with E-state index in [0.717, 1.165) is 18.4 Å². The maximum atomic E-state index is 12.4. The standard InChI is InChI=1S/C22H27N5O5/c1-3-5-11-27-20-19(21(30)25-22(27)31)26(4-2)16(24-20)14-32-18(29)13-23-17(28)12-15-9-7-6-8-10-15/h6-10H,3-5,11-14H2,1-2H3,(H,23,28)(H,25,30,31). The number of carbonyl (C=O) groups is 2. The molecule has 0 fully saturated rings. The van der Waals surface area contributed by atoms with Crippen LogP contribution < -0.4 is 16.6 Å². The van der Waals surface area contributed by atoms with Crippen LogP contribution in [0.15, 0.2) is 39.9 Å². The van der Waals surface area contributed by atoms with Crippen molar-refractivity contribution in [3.8, 4) is 0 Å². The first kappa shape index (κ1) is 23.0. The lowest BCUT2D eigenvalue weighted by molar-refractivity contribution is -0.145. The van der Waals surface area contributed by atoms with Crippen LogP contribution in [-0.2, 0) is 40.4 Å². The second-order valence-electron chi connectivity index (χ2n) is 7.31. The van der Waals surface area contributed by atoms with E-state index in [0.29, 0.717) is 18.9 Å². The molecule has 0 aliphatic carbocycles. The molecule has 32 heavy (non-hydrogen) atoms. The van der Waals surface area contributed by atoms with E-state index in [-0.39, 0.29) is 36.6 Å². The third-order valence-corrected chi connectivity index (χ3v) is 5.02. The quantitative estimate of drug-likeness (QED) is 0.454. The zero-order valence-corrected chi connectivity index (χ0v) is 18.2. The Morgan fingerprint density at radius 3 is 2.56 bits per heavy atom. The molecule has 0 radical (unpaired) electrons. The largest absolute Gasteiger partial charge is 0.456 e. The molecule has 2 aromatic heterocycles. The highest BCUT2D eigenvalue weighted by Gasteiger charge is 2.19. The van der Waals surface area contributed by atoms with Crippen LogP contribution in [0.4, 0.5) is 0 Å². The van der Waals surface area contributed by atoms with Crippen molar-refractivity contribution in [2.75, 3.05) is 6.54 Å². The van der Waals surface area contributed by atoms with Crippen molar-refractivity contribution in [3.05, 3.63) is 62.6 Å². The molecule has 0 aliphatic rings. The minimum Gasteiger partial charge on any atom is -0.456 e. The Balaban J connectivity index is 1.68. The zero-order valence-electron chi connectivity index (χ0n) is 18.2. The lowest BCUT2D eigenvalue weighted by Crippen LogP contribution is -2.31. The number of carbonyl (C=O) groups excluding carboxylic acids is 2. The van der Waals surface area contributed by atoms with Gasteiger partial charge in [-0.2, -0.15) is 0 Å². The van der Waals surface area contributed by atoms with Crippen LogP contribution in [0.3, 0.4) is 0 Å². The average molecular weight is 441 g/mol. The summed E-state index contributed by atoms with van der Waals surface area (Å²) in [6, 6.07) is 9.19. The van der Waals surface area contributed by atoms with Crippen LogP contribution >= 0.6 is 0 Å². The van der Waals surface area contributed by atoms with Gasteiger partial charge < -0.3 is 14.6 Å². The van der Waals surface area contributed by atoms with Gasteiger partial charge in [-0.15, -0.1) is 0 Å². The number of aromatic nitrogens is 4. The van der Waals surface area contributed by atoms with E-state index in [1.54, 1.807) is 4.57 Å². The van der Waals surface area contributed by atoms with E-state index in [2.05, 4.69) is 15.3 Å². The molecule has 0 spiro atoms. The van der Waals surface area contributed by atoms with Crippen molar-refractivity contribution >= 4 is 23.0 Å². The summed E-state index contributed by atoms with van der Waals surface area (Å²) in [6.45, 7) is 4.21. The van der Waals surface area contributed by atoms with Crippen molar-refractivity contribution in [1.82, 2.24) is 24.4 Å². The number of hydrogen-bond donors (Lipinski definition) is 2. The second kappa shape index (κ2) is 10.6. The average Bonchev–Trinajstić information content (AvgIpc) is 3.15. The van der Waals surface area contributed by atoms with Crippen LogP contribution in [-0.4, -0.2) is 37.5 Å². The molecule has 10 nitrogen and oxygen atoms in total. The van der Waals surface area contributed by atoms with E-state index < -0.39 is 17.2 Å². The van der Waals surface area contributed by atoms with E-state index in [1.807, 2.05) is 44.2 Å². The first-order valence-electron chi connectivity index (χ1n) is 10.6. The number of nitrogens with zero attached hydrogens (tertiary/aromatic N) is 3. The highest BCUT2D eigenvalue weighted by atomic mass is 16.5. The van der Waals surface area contributed by atoms with Gasteiger partial charge in [-0.1, -0.05) is 43.7 Å². The molecule has 170 valence electrons. The molecular weight excluding hydrogens is 414 g/mol. The van der Waals surface area contributed by atoms with Crippen molar-refractivity contribution in [1.29, 1.82) is 0 Å². The molecule has 2 heterocycles. The molecule has 3 rings (SSSR count). The predicted octanol–water partition coefficient (Wildman–Crippen LogP) is 1.11. The summed E-state index contributed by atoms with van der Waals surface area (Å²) in [4.78, 5) is 55.5. The Hall–Kier alpha value is -3.69. The molecule has 1 amide bonds. The summed E-state index contributed by atoms with van der Waals surface area (Å²) in [7, 11) is 0. The smallest absolute Gasteiger partial charge is 0.330 e. The third kappa shape index (κ3) is 5.32. The molecule has 0 aliphatic heterocycles. The fourth-order valence-corrected chi connectivity index (χ4v) is 3.40. The molecular formula is C22H27N5O5. The van der Waals surface area contributed by atoms with Crippen LogP contribution in [0.1, 0.15) is 38.1 Å². The number of benzene rings is 1. The molecule has 0 bridgehead atoms. The molecule has 2 N–H and O–H groups in total. The summed E-state index contributed by atoms with van der Waals surface area (Å²) < 4.78 is 8.31. The Morgan fingerprint density at radius 2 is 1.88 bits per heavy atom. The number of imidazole rings is 1. The minimum absolute atomic E-state index is 0.164. The highest BCUT2D eigenvalue weighted by Crippen LogP contribution is 2.13. The number of fused-ring (bicyclic) bond motifs is 1. The fourth-order valence-electron chi connectivity index (χ4n) is 3.40. The van der Waals surface area contributed by atoms with Gasteiger partial charge >= 0.3 is 11.7 Å². The summed E-state index contributed by atoms with van der Waals surface area (Å²) in [5.41, 5.74) is 0.343. The van der Waals surface area contributed by atoms with Gasteiger partial charge in [0.15, 0.2) is 11.2 Å². The van der Waals surface area contributed by atoms with Crippen LogP contribution in [0.2, 0.25) is 0 Å². The minimum atomic E-state index is -0.626. The van der Waals surface area contributed by atoms with Crippen molar-refractivity contribution in [3.63, 3.8) is 0 Å². The van der Waals surface area contributed by atoms with Crippen LogP contribution in [0.25, 0.3) is 11.2 Å². The van der Waals surface area contributed by atoms with Gasteiger partial charge in [0, 0.05) is 13.1 Å². The van der Waals surface area contributed by atoms with Crippen molar-refractivity contribution in [2.24, 2.45) is 0 Å². The molecule has 1 aromatic carbocycles. The summed E-state index contributed by atoms with van der Waals surface area (Å²) >= 11 is 0. The lowest BCUT2D eigenvalue weighted by atomic mass is 10.1. The summed E-state index contributed by atoms with van der Waals surface area (Å²) in [5, 5.41) is 2.53. The number of rotatable bonds is 10. The SMILES string of the molecule is CCCCn1c(=O)[nH]c(=O)c2c1nc(COC(=O)CNC(=O)Cc1ccccc1)n2CC.